The molecule has 0 N–H and O–H groups in total. The first-order valence-corrected chi connectivity index (χ1v) is 12.1. The molecule has 0 atom stereocenters. The average molecular weight is 515 g/mol. The minimum atomic E-state index is -0.713. The molecule has 4 rings (SSSR count). The quantitative estimate of drug-likeness (QED) is 0.260. The van der Waals surface area contributed by atoms with E-state index in [1.807, 2.05) is 48.5 Å². The summed E-state index contributed by atoms with van der Waals surface area (Å²) in [4.78, 5) is 25.8. The molecule has 0 saturated heterocycles. The summed E-state index contributed by atoms with van der Waals surface area (Å²) in [5.74, 6) is 0.341. The minimum Gasteiger partial charge on any atom is -0.496 e. The number of benzene rings is 3. The Balaban J connectivity index is 1.79. The van der Waals surface area contributed by atoms with E-state index in [1.165, 1.54) is 24.5 Å². The molecule has 0 bridgehead atoms. The highest BCUT2D eigenvalue weighted by Crippen LogP contribution is 2.33. The molecule has 0 aliphatic carbocycles. The third-order valence-corrected chi connectivity index (χ3v) is 6.15. The second-order valence-corrected chi connectivity index (χ2v) is 8.84. The molecule has 196 valence electrons. The van der Waals surface area contributed by atoms with E-state index in [9.17, 15) is 9.59 Å². The Morgan fingerprint density at radius 3 is 2.16 bits per heavy atom. The summed E-state index contributed by atoms with van der Waals surface area (Å²) in [5, 5.41) is 4.66. The lowest BCUT2D eigenvalue weighted by Gasteiger charge is -2.13. The van der Waals surface area contributed by atoms with Gasteiger partial charge in [0.1, 0.15) is 29.4 Å². The molecule has 0 unspecified atom stereocenters. The van der Waals surface area contributed by atoms with Crippen molar-refractivity contribution in [3.8, 4) is 28.4 Å². The molecular weight excluding hydrogens is 484 g/mol. The number of carbonyl (C=O) groups is 2. The second kappa shape index (κ2) is 11.6. The fourth-order valence-electron chi connectivity index (χ4n) is 4.11. The van der Waals surface area contributed by atoms with Crippen molar-refractivity contribution in [3.05, 3.63) is 95.2 Å². The summed E-state index contributed by atoms with van der Waals surface area (Å²) in [6.07, 6.45) is 0. The number of ether oxygens (including phenoxy) is 4. The topological polar surface area (TPSA) is 88.9 Å². The lowest BCUT2D eigenvalue weighted by atomic mass is 10.0. The fraction of sp³-hybridized carbons (Fsp3) is 0.233. The predicted octanol–water partition coefficient (Wildman–Crippen LogP) is 5.82. The average Bonchev–Trinajstić information content (AvgIpc) is 3.36. The zero-order valence-corrected chi connectivity index (χ0v) is 22.1. The lowest BCUT2D eigenvalue weighted by Crippen LogP contribution is -2.15. The van der Waals surface area contributed by atoms with E-state index >= 15 is 0 Å². The number of rotatable bonds is 9. The van der Waals surface area contributed by atoms with Crippen LogP contribution in [0.15, 0.2) is 72.8 Å². The van der Waals surface area contributed by atoms with Gasteiger partial charge in [-0.25, -0.2) is 14.3 Å². The third-order valence-electron chi connectivity index (χ3n) is 6.15. The van der Waals surface area contributed by atoms with E-state index in [-0.39, 0.29) is 23.6 Å². The Labute approximate surface area is 221 Å². The maximum absolute atomic E-state index is 13.0. The molecule has 1 heterocycles. The van der Waals surface area contributed by atoms with Gasteiger partial charge in [0.2, 0.25) is 0 Å². The van der Waals surface area contributed by atoms with Gasteiger partial charge in [-0.05, 0) is 53.9 Å². The normalized spacial score (nSPS) is 10.8. The van der Waals surface area contributed by atoms with Crippen LogP contribution in [0, 0.1) is 0 Å². The number of esters is 2. The van der Waals surface area contributed by atoms with E-state index in [0.29, 0.717) is 22.9 Å². The van der Waals surface area contributed by atoms with E-state index in [1.54, 1.807) is 31.4 Å². The molecule has 3 aromatic carbocycles. The number of hydrogen-bond acceptors (Lipinski definition) is 7. The number of aromatic nitrogens is 2. The van der Waals surface area contributed by atoms with Gasteiger partial charge in [-0.15, -0.1) is 0 Å². The van der Waals surface area contributed by atoms with E-state index < -0.39 is 11.9 Å². The Bertz CT molecular complexity index is 1430. The van der Waals surface area contributed by atoms with Crippen LogP contribution < -0.4 is 9.47 Å². The van der Waals surface area contributed by atoms with Gasteiger partial charge in [-0.1, -0.05) is 44.2 Å². The summed E-state index contributed by atoms with van der Waals surface area (Å²) in [5.41, 5.74) is 3.38. The summed E-state index contributed by atoms with van der Waals surface area (Å²) >= 11 is 0. The molecule has 0 fully saturated rings. The first kappa shape index (κ1) is 26.5. The van der Waals surface area contributed by atoms with Crippen LogP contribution in [0.25, 0.3) is 16.9 Å². The Morgan fingerprint density at radius 2 is 1.55 bits per heavy atom. The Morgan fingerprint density at radius 1 is 0.868 bits per heavy atom. The molecule has 0 aliphatic rings. The monoisotopic (exact) mass is 514 g/mol. The third kappa shape index (κ3) is 5.39. The van der Waals surface area contributed by atoms with Crippen LogP contribution in [0.1, 0.15) is 51.7 Å². The molecule has 1 aromatic heterocycles. The summed E-state index contributed by atoms with van der Waals surface area (Å²) < 4.78 is 23.0. The maximum Gasteiger partial charge on any atom is 0.357 e. The smallest absolute Gasteiger partial charge is 0.357 e. The first-order chi connectivity index (χ1) is 18.4. The van der Waals surface area contributed by atoms with Crippen molar-refractivity contribution in [1.29, 1.82) is 0 Å². The highest BCUT2D eigenvalue weighted by atomic mass is 16.5. The maximum atomic E-state index is 13.0. The van der Waals surface area contributed by atoms with Crippen molar-refractivity contribution in [2.24, 2.45) is 0 Å². The summed E-state index contributed by atoms with van der Waals surface area (Å²) in [6.45, 7) is 4.49. The van der Waals surface area contributed by atoms with E-state index in [0.717, 1.165) is 11.3 Å². The molecule has 0 radical (unpaired) electrons. The van der Waals surface area contributed by atoms with Crippen LogP contribution in [0.4, 0.5) is 0 Å². The van der Waals surface area contributed by atoms with Gasteiger partial charge in [0.05, 0.1) is 27.0 Å². The standard InChI is InChI=1S/C30H30N2O6/c1-19(2)20-11-14-24(15-12-20)38-18-22-17-21(13-16-25(22)35-3)27-26(29(33)36-4)28(30(34)37-5)32(31-27)23-9-7-6-8-10-23/h6-17,19H,18H2,1-5H3. The van der Waals surface area contributed by atoms with E-state index in [4.69, 9.17) is 18.9 Å². The zero-order chi connectivity index (χ0) is 27.2. The van der Waals surface area contributed by atoms with Crippen LogP contribution in [0.3, 0.4) is 0 Å². The van der Waals surface area contributed by atoms with Crippen molar-refractivity contribution in [3.63, 3.8) is 0 Å². The van der Waals surface area contributed by atoms with Gasteiger partial charge >= 0.3 is 11.9 Å². The molecule has 4 aromatic rings. The summed E-state index contributed by atoms with van der Waals surface area (Å²) in [7, 11) is 4.09. The van der Waals surface area contributed by atoms with Crippen molar-refractivity contribution in [1.82, 2.24) is 9.78 Å². The molecular formula is C30H30N2O6. The number of para-hydroxylation sites is 1. The van der Waals surface area contributed by atoms with Crippen LogP contribution in [0.5, 0.6) is 11.5 Å². The first-order valence-electron chi connectivity index (χ1n) is 12.1. The molecule has 38 heavy (non-hydrogen) atoms. The molecule has 0 amide bonds. The minimum absolute atomic E-state index is 0.00418. The van der Waals surface area contributed by atoms with Crippen molar-refractivity contribution >= 4 is 11.9 Å². The molecule has 0 saturated carbocycles. The van der Waals surface area contributed by atoms with Gasteiger partial charge < -0.3 is 18.9 Å². The van der Waals surface area contributed by atoms with Crippen LogP contribution >= 0.6 is 0 Å². The van der Waals surface area contributed by atoms with Crippen LogP contribution in [-0.2, 0) is 16.1 Å². The predicted molar refractivity (Wildman–Crippen MR) is 143 cm³/mol. The molecule has 8 heteroatoms. The number of methoxy groups -OCH3 is 3. The number of nitrogens with zero attached hydrogens (tertiary/aromatic N) is 2. The Kier molecular flexibility index (Phi) is 8.11. The van der Waals surface area contributed by atoms with Gasteiger partial charge in [0.25, 0.3) is 0 Å². The van der Waals surface area contributed by atoms with Crippen LogP contribution in [0.2, 0.25) is 0 Å². The van der Waals surface area contributed by atoms with Gasteiger partial charge in [-0.2, -0.15) is 5.10 Å². The molecule has 0 spiro atoms. The Hall–Kier alpha value is -4.59. The van der Waals surface area contributed by atoms with Crippen molar-refractivity contribution < 1.29 is 28.5 Å². The largest absolute Gasteiger partial charge is 0.496 e. The van der Waals surface area contributed by atoms with Crippen molar-refractivity contribution in [2.45, 2.75) is 26.4 Å². The number of carbonyl (C=O) groups excluding carboxylic acids is 2. The highest BCUT2D eigenvalue weighted by molar-refractivity contribution is 6.06. The fourth-order valence-corrected chi connectivity index (χ4v) is 4.11. The van der Waals surface area contributed by atoms with Crippen LogP contribution in [-0.4, -0.2) is 43.0 Å². The number of hydrogen-bond donors (Lipinski definition) is 0. The zero-order valence-electron chi connectivity index (χ0n) is 22.1. The van der Waals surface area contributed by atoms with Gasteiger partial charge in [0.15, 0.2) is 5.69 Å². The lowest BCUT2D eigenvalue weighted by molar-refractivity contribution is 0.0549. The van der Waals surface area contributed by atoms with Gasteiger partial charge in [-0.3, -0.25) is 0 Å². The molecule has 8 nitrogen and oxygen atoms in total. The SMILES string of the molecule is COC(=O)c1c(-c2ccc(OC)c(COc3ccc(C(C)C)cc3)c2)nn(-c2ccccc2)c1C(=O)OC. The summed E-state index contributed by atoms with van der Waals surface area (Å²) in [6, 6.07) is 22.4. The van der Waals surface area contributed by atoms with Gasteiger partial charge in [0, 0.05) is 11.1 Å². The van der Waals surface area contributed by atoms with Crippen molar-refractivity contribution in [2.75, 3.05) is 21.3 Å². The molecule has 0 aliphatic heterocycles. The second-order valence-electron chi connectivity index (χ2n) is 8.84. The highest BCUT2D eigenvalue weighted by Gasteiger charge is 2.31. The van der Waals surface area contributed by atoms with E-state index in [2.05, 4.69) is 18.9 Å².